The molecule has 0 spiro atoms. The first-order valence-electron chi connectivity index (χ1n) is 22.3. The Morgan fingerprint density at radius 1 is 0.875 bits per heavy atom. The van der Waals surface area contributed by atoms with E-state index in [1.54, 1.807) is 31.0 Å². The summed E-state index contributed by atoms with van der Waals surface area (Å²) in [7, 11) is 4.75. The Balaban J connectivity index is 0.823. The lowest BCUT2D eigenvalue weighted by Crippen LogP contribution is -2.52. The minimum absolute atomic E-state index is 0.0155. The number of halogens is 2. The molecule has 2 aliphatic carbocycles. The lowest BCUT2D eigenvalue weighted by Gasteiger charge is -2.35. The number of hydrogen-bond acceptors (Lipinski definition) is 14. The SMILES string of the molecule is CNC(=O)c1cc(F)c(-c2cnc3cc(OC)c(C4CC4C4C[C@@H](F)[C@H](Nc5nc(-c6cnc7cc(OC)c(C8CC8)nn67)ccc5C5COC5)CN4)nn23)nc1N[C@@H]1CCCNC1. The van der Waals surface area contributed by atoms with E-state index in [4.69, 9.17) is 29.4 Å². The third-order valence-electron chi connectivity index (χ3n) is 13.5. The Kier molecular flexibility index (Phi) is 10.5. The van der Waals surface area contributed by atoms with Crippen molar-refractivity contribution in [3.05, 3.63) is 71.1 Å². The highest BCUT2D eigenvalue weighted by Gasteiger charge is 2.49. The van der Waals surface area contributed by atoms with Crippen LogP contribution in [0.25, 0.3) is 34.1 Å². The molecule has 11 rings (SSSR count). The first-order chi connectivity index (χ1) is 31.3. The molecule has 6 aromatic heterocycles. The molecule has 5 aliphatic rings. The number of pyridine rings is 2. The average Bonchev–Trinajstić information content (AvgIpc) is 4.23. The molecule has 5 fully saturated rings. The molecule has 334 valence electrons. The number of hydrogen-bond donors (Lipinski definition) is 5. The first kappa shape index (κ1) is 40.7. The van der Waals surface area contributed by atoms with Crippen LogP contribution in [-0.2, 0) is 4.74 Å². The molecule has 2 saturated carbocycles. The molecule has 0 aromatic carbocycles. The van der Waals surface area contributed by atoms with E-state index in [-0.39, 0.29) is 46.9 Å². The second kappa shape index (κ2) is 16.5. The fraction of sp³-hybridized carbons (Fsp3) is 0.489. The van der Waals surface area contributed by atoms with Crippen LogP contribution in [0.4, 0.5) is 20.4 Å². The smallest absolute Gasteiger partial charge is 0.254 e. The van der Waals surface area contributed by atoms with E-state index in [9.17, 15) is 4.79 Å². The van der Waals surface area contributed by atoms with Crippen molar-refractivity contribution in [2.45, 2.75) is 80.6 Å². The quantitative estimate of drug-likeness (QED) is 0.106. The Morgan fingerprint density at radius 3 is 2.31 bits per heavy atom. The molecule has 3 unspecified atom stereocenters. The summed E-state index contributed by atoms with van der Waals surface area (Å²) in [5.74, 6) is 1.70. The standard InChI is InChI=1S/C45H51F2N13O4/c1-48-45(61)28-12-30(47)42(56-44(28)53-24-5-4-10-49-16-24)35-19-52-39-15-37(63-3)41(58-60(35)39)27-11-26(27)32-13-29(46)33(17-50-32)55-43-25(23-20-64-21-23)8-9-31(54-43)34-18-51-38-14-36(62-2)40(22-6-7-22)57-59(34)38/h8-9,12,14-15,18-19,22-24,26-27,29,32-33,49-50H,4-7,10-11,13,16-17,20-21H2,1-3H3,(H,48,61)(H,53,56)(H,54,55)/t24-,26?,27?,29-,32?,33-/m1/s1. The van der Waals surface area contributed by atoms with Crippen LogP contribution < -0.4 is 36.1 Å². The second-order valence-electron chi connectivity index (χ2n) is 17.7. The van der Waals surface area contributed by atoms with Crippen LogP contribution >= 0.6 is 0 Å². The van der Waals surface area contributed by atoms with Gasteiger partial charge in [0.25, 0.3) is 5.91 Å². The van der Waals surface area contributed by atoms with Crippen molar-refractivity contribution in [2.24, 2.45) is 5.92 Å². The highest BCUT2D eigenvalue weighted by molar-refractivity contribution is 5.99. The summed E-state index contributed by atoms with van der Waals surface area (Å²) in [5.41, 5.74) is 5.62. The molecule has 0 radical (unpaired) electrons. The molecule has 19 heteroatoms. The summed E-state index contributed by atoms with van der Waals surface area (Å²) in [6, 6.07) is 8.34. The molecule has 64 heavy (non-hydrogen) atoms. The van der Waals surface area contributed by atoms with E-state index in [0.29, 0.717) is 78.6 Å². The van der Waals surface area contributed by atoms with Crippen LogP contribution in [0.3, 0.4) is 0 Å². The van der Waals surface area contributed by atoms with Crippen LogP contribution in [-0.4, -0.2) is 123 Å². The Morgan fingerprint density at radius 2 is 1.62 bits per heavy atom. The number of fused-ring (bicyclic) bond motifs is 2. The van der Waals surface area contributed by atoms with Gasteiger partial charge in [0, 0.05) is 67.7 Å². The molecular formula is C45H51F2N13O4. The number of amides is 1. The summed E-state index contributed by atoms with van der Waals surface area (Å²) in [6.45, 7) is 3.17. The van der Waals surface area contributed by atoms with Crippen LogP contribution in [0.2, 0.25) is 0 Å². The van der Waals surface area contributed by atoms with E-state index in [2.05, 4.69) is 47.6 Å². The topological polar surface area (TPSA) is 191 Å². The van der Waals surface area contributed by atoms with Gasteiger partial charge in [-0.3, -0.25) is 4.79 Å². The van der Waals surface area contributed by atoms with Gasteiger partial charge in [-0.25, -0.2) is 37.7 Å². The Hall–Kier alpha value is -6.05. The molecule has 6 atom stereocenters. The van der Waals surface area contributed by atoms with E-state index in [0.717, 1.165) is 61.3 Å². The fourth-order valence-electron chi connectivity index (χ4n) is 9.62. The molecule has 3 saturated heterocycles. The van der Waals surface area contributed by atoms with Gasteiger partial charge in [0.1, 0.15) is 57.8 Å². The molecular weight excluding hydrogens is 825 g/mol. The molecule has 0 bridgehead atoms. The van der Waals surface area contributed by atoms with E-state index >= 15 is 8.78 Å². The molecule has 5 N–H and O–H groups in total. The van der Waals surface area contributed by atoms with Gasteiger partial charge in [-0.1, -0.05) is 6.07 Å². The minimum atomic E-state index is -1.16. The monoisotopic (exact) mass is 875 g/mol. The van der Waals surface area contributed by atoms with Gasteiger partial charge in [0.2, 0.25) is 0 Å². The number of piperidine rings is 2. The highest BCUT2D eigenvalue weighted by atomic mass is 19.1. The number of rotatable bonds is 13. The average molecular weight is 876 g/mol. The zero-order valence-corrected chi connectivity index (χ0v) is 35.9. The van der Waals surface area contributed by atoms with Gasteiger partial charge in [-0.15, -0.1) is 0 Å². The number of methoxy groups -OCH3 is 2. The van der Waals surface area contributed by atoms with Gasteiger partial charge in [-0.05, 0) is 63.1 Å². The first-order valence-corrected chi connectivity index (χ1v) is 22.3. The number of carbonyl (C=O) groups excluding carboxylic acids is 1. The number of ether oxygens (including phenoxy) is 3. The highest BCUT2D eigenvalue weighted by Crippen LogP contribution is 2.53. The molecule has 1 amide bonds. The molecule has 3 aliphatic heterocycles. The fourth-order valence-corrected chi connectivity index (χ4v) is 9.62. The predicted molar refractivity (Wildman–Crippen MR) is 233 cm³/mol. The predicted octanol–water partition coefficient (Wildman–Crippen LogP) is 4.85. The maximum absolute atomic E-state index is 16.5. The van der Waals surface area contributed by atoms with Crippen molar-refractivity contribution in [2.75, 3.05) is 64.7 Å². The van der Waals surface area contributed by atoms with Gasteiger partial charge >= 0.3 is 0 Å². The van der Waals surface area contributed by atoms with Gasteiger partial charge in [0.15, 0.2) is 17.1 Å². The van der Waals surface area contributed by atoms with Crippen molar-refractivity contribution in [3.63, 3.8) is 0 Å². The van der Waals surface area contributed by atoms with Crippen LogP contribution in [0.5, 0.6) is 11.5 Å². The van der Waals surface area contributed by atoms with Crippen LogP contribution in [0.15, 0.2) is 42.7 Å². The van der Waals surface area contributed by atoms with Crippen molar-refractivity contribution < 1.29 is 27.8 Å². The number of alkyl halides is 1. The summed E-state index contributed by atoms with van der Waals surface area (Å²) < 4.78 is 52.9. The van der Waals surface area contributed by atoms with E-state index in [1.165, 1.54) is 19.3 Å². The van der Waals surface area contributed by atoms with E-state index < -0.39 is 23.9 Å². The number of aromatic nitrogens is 8. The van der Waals surface area contributed by atoms with Gasteiger partial charge in [0.05, 0.1) is 57.1 Å². The van der Waals surface area contributed by atoms with Crippen LogP contribution in [0, 0.1) is 11.7 Å². The molecule has 9 heterocycles. The molecule has 17 nitrogen and oxygen atoms in total. The largest absolute Gasteiger partial charge is 0.495 e. The summed E-state index contributed by atoms with van der Waals surface area (Å²) >= 11 is 0. The van der Waals surface area contributed by atoms with Gasteiger partial charge in [-0.2, -0.15) is 10.2 Å². The third-order valence-corrected chi connectivity index (χ3v) is 13.5. The minimum Gasteiger partial charge on any atom is -0.495 e. The zero-order valence-electron chi connectivity index (χ0n) is 35.9. The Bertz CT molecular complexity index is 2750. The third kappa shape index (κ3) is 7.41. The zero-order chi connectivity index (χ0) is 43.6. The Labute approximate surface area is 367 Å². The number of imidazole rings is 2. The lowest BCUT2D eigenvalue weighted by atomic mass is 9.93. The van der Waals surface area contributed by atoms with Crippen molar-refractivity contribution >= 4 is 28.8 Å². The summed E-state index contributed by atoms with van der Waals surface area (Å²) in [6.07, 6.45) is 7.22. The van der Waals surface area contributed by atoms with E-state index in [1.807, 2.05) is 16.6 Å². The maximum atomic E-state index is 16.5. The van der Waals surface area contributed by atoms with Crippen molar-refractivity contribution in [3.8, 4) is 34.3 Å². The number of nitrogens with zero attached hydrogens (tertiary/aromatic N) is 8. The second-order valence-corrected chi connectivity index (χ2v) is 17.7. The lowest BCUT2D eigenvalue weighted by molar-refractivity contribution is 0.00854. The number of nitrogens with one attached hydrogen (secondary N) is 5. The van der Waals surface area contributed by atoms with Gasteiger partial charge < -0.3 is 40.8 Å². The maximum Gasteiger partial charge on any atom is 0.254 e. The van der Waals surface area contributed by atoms with Crippen molar-refractivity contribution in [1.29, 1.82) is 0 Å². The number of anilines is 2. The normalized spacial score (nSPS) is 24.6. The van der Waals surface area contributed by atoms with Crippen LogP contribution in [0.1, 0.15) is 83.6 Å². The summed E-state index contributed by atoms with van der Waals surface area (Å²) in [4.78, 5) is 31.8. The molecule has 6 aromatic rings. The summed E-state index contributed by atoms with van der Waals surface area (Å²) in [5, 5.41) is 26.4. The van der Waals surface area contributed by atoms with Crippen molar-refractivity contribution in [1.82, 2.24) is 55.1 Å². The number of carbonyl (C=O) groups is 1.